The lowest BCUT2D eigenvalue weighted by molar-refractivity contribution is -0.140. The van der Waals surface area contributed by atoms with Crippen LogP contribution in [0.5, 0.6) is 0 Å². The molecule has 1 saturated heterocycles. The predicted octanol–water partition coefficient (Wildman–Crippen LogP) is 5.41. The number of methoxy groups -OCH3 is 1. The van der Waals surface area contributed by atoms with Crippen molar-refractivity contribution in [3.8, 4) is 0 Å². The standard InChI is InChI=1S/C19H36O3/c1-3-17-18(22-17)15-13-11-9-7-5-4-6-8-10-12-14-16-19(20)21-2/h17-18H,3-16H2,1-2H3. The molecule has 0 aromatic carbocycles. The molecule has 0 aromatic rings. The molecule has 0 spiro atoms. The van der Waals surface area contributed by atoms with E-state index in [9.17, 15) is 4.79 Å². The van der Waals surface area contributed by atoms with Gasteiger partial charge in [-0.05, 0) is 19.3 Å². The van der Waals surface area contributed by atoms with Gasteiger partial charge < -0.3 is 9.47 Å². The van der Waals surface area contributed by atoms with Crippen LogP contribution in [0.2, 0.25) is 0 Å². The van der Waals surface area contributed by atoms with E-state index < -0.39 is 0 Å². The van der Waals surface area contributed by atoms with Gasteiger partial charge >= 0.3 is 5.97 Å². The third kappa shape index (κ3) is 10.2. The molecule has 0 saturated carbocycles. The molecule has 2 atom stereocenters. The van der Waals surface area contributed by atoms with Crippen molar-refractivity contribution in [3.05, 3.63) is 0 Å². The van der Waals surface area contributed by atoms with E-state index in [4.69, 9.17) is 4.74 Å². The van der Waals surface area contributed by atoms with Crippen LogP contribution < -0.4 is 0 Å². The molecule has 0 radical (unpaired) electrons. The summed E-state index contributed by atoms with van der Waals surface area (Å²) in [6.07, 6.45) is 18.6. The van der Waals surface area contributed by atoms with Crippen LogP contribution in [0.25, 0.3) is 0 Å². The molecule has 3 nitrogen and oxygen atoms in total. The van der Waals surface area contributed by atoms with Crippen molar-refractivity contribution in [3.63, 3.8) is 0 Å². The van der Waals surface area contributed by atoms with Gasteiger partial charge in [-0.25, -0.2) is 0 Å². The Bertz CT molecular complexity index is 278. The van der Waals surface area contributed by atoms with Crippen LogP contribution in [0.3, 0.4) is 0 Å². The Balaban J connectivity index is 1.67. The average molecular weight is 312 g/mol. The first kappa shape index (κ1) is 19.5. The van der Waals surface area contributed by atoms with Gasteiger partial charge in [0.05, 0.1) is 19.3 Å². The first-order valence-electron chi connectivity index (χ1n) is 9.50. The molecule has 22 heavy (non-hydrogen) atoms. The molecule has 1 rings (SSSR count). The first-order valence-corrected chi connectivity index (χ1v) is 9.50. The van der Waals surface area contributed by atoms with Crippen LogP contribution in [0.15, 0.2) is 0 Å². The Hall–Kier alpha value is -0.570. The number of carbonyl (C=O) groups is 1. The molecule has 2 unspecified atom stereocenters. The van der Waals surface area contributed by atoms with Crippen molar-refractivity contribution < 1.29 is 14.3 Å². The van der Waals surface area contributed by atoms with Gasteiger partial charge in [-0.1, -0.05) is 71.1 Å². The fourth-order valence-corrected chi connectivity index (χ4v) is 3.10. The average Bonchev–Trinajstić information content (AvgIpc) is 3.30. The normalized spacial score (nSPS) is 20.1. The summed E-state index contributed by atoms with van der Waals surface area (Å²) >= 11 is 0. The van der Waals surface area contributed by atoms with Gasteiger partial charge in [0.1, 0.15) is 0 Å². The second-order valence-corrected chi connectivity index (χ2v) is 6.63. The highest BCUT2D eigenvalue weighted by Crippen LogP contribution is 2.29. The molecule has 0 aliphatic carbocycles. The smallest absolute Gasteiger partial charge is 0.305 e. The molecule has 130 valence electrons. The summed E-state index contributed by atoms with van der Waals surface area (Å²) in [5.41, 5.74) is 0. The molecule has 0 amide bonds. The lowest BCUT2D eigenvalue weighted by Crippen LogP contribution is -1.99. The van der Waals surface area contributed by atoms with E-state index in [0.29, 0.717) is 18.6 Å². The van der Waals surface area contributed by atoms with Crippen molar-refractivity contribution in [2.24, 2.45) is 0 Å². The number of epoxide rings is 1. The van der Waals surface area contributed by atoms with Crippen LogP contribution in [-0.4, -0.2) is 25.3 Å². The van der Waals surface area contributed by atoms with Gasteiger partial charge in [0.2, 0.25) is 0 Å². The van der Waals surface area contributed by atoms with Gasteiger partial charge in [0.25, 0.3) is 0 Å². The Morgan fingerprint density at radius 2 is 1.32 bits per heavy atom. The predicted molar refractivity (Wildman–Crippen MR) is 91.0 cm³/mol. The fourth-order valence-electron chi connectivity index (χ4n) is 3.10. The quantitative estimate of drug-likeness (QED) is 0.230. The monoisotopic (exact) mass is 312 g/mol. The lowest BCUT2D eigenvalue weighted by atomic mass is 10.0. The van der Waals surface area contributed by atoms with E-state index >= 15 is 0 Å². The maximum absolute atomic E-state index is 10.9. The third-order valence-electron chi connectivity index (χ3n) is 4.69. The van der Waals surface area contributed by atoms with Crippen molar-refractivity contribution in [1.29, 1.82) is 0 Å². The van der Waals surface area contributed by atoms with Gasteiger partial charge in [-0.15, -0.1) is 0 Å². The highest BCUT2D eigenvalue weighted by molar-refractivity contribution is 5.68. The highest BCUT2D eigenvalue weighted by atomic mass is 16.6. The maximum Gasteiger partial charge on any atom is 0.305 e. The SMILES string of the molecule is CCC1OC1CCCCCCCCCCCCCC(=O)OC. The minimum atomic E-state index is -0.0709. The van der Waals surface area contributed by atoms with Crippen LogP contribution in [-0.2, 0) is 14.3 Å². The minimum Gasteiger partial charge on any atom is -0.469 e. The van der Waals surface area contributed by atoms with Gasteiger partial charge in [-0.3, -0.25) is 4.79 Å². The zero-order valence-electron chi connectivity index (χ0n) is 14.8. The molecule has 0 bridgehead atoms. The topological polar surface area (TPSA) is 38.8 Å². The first-order chi connectivity index (χ1) is 10.8. The number of hydrogen-bond acceptors (Lipinski definition) is 3. The van der Waals surface area contributed by atoms with E-state index in [2.05, 4.69) is 11.7 Å². The Labute approximate surface area is 137 Å². The second kappa shape index (κ2) is 12.9. The van der Waals surface area contributed by atoms with Crippen LogP contribution >= 0.6 is 0 Å². The zero-order valence-corrected chi connectivity index (χ0v) is 14.8. The number of carbonyl (C=O) groups excluding carboxylic acids is 1. The number of ether oxygens (including phenoxy) is 2. The van der Waals surface area contributed by atoms with E-state index in [0.717, 1.165) is 12.8 Å². The minimum absolute atomic E-state index is 0.0709. The van der Waals surface area contributed by atoms with Crippen LogP contribution in [0.1, 0.15) is 96.8 Å². The molecule has 0 aromatic heterocycles. The van der Waals surface area contributed by atoms with E-state index in [1.807, 2.05) is 0 Å². The lowest BCUT2D eigenvalue weighted by Gasteiger charge is -2.03. The summed E-state index contributed by atoms with van der Waals surface area (Å²) in [6, 6.07) is 0. The molecule has 1 fully saturated rings. The summed E-state index contributed by atoms with van der Waals surface area (Å²) in [5, 5.41) is 0. The Morgan fingerprint density at radius 1 is 0.818 bits per heavy atom. The van der Waals surface area contributed by atoms with Crippen molar-refractivity contribution >= 4 is 5.97 Å². The van der Waals surface area contributed by atoms with Crippen molar-refractivity contribution in [1.82, 2.24) is 0 Å². The maximum atomic E-state index is 10.9. The number of hydrogen-bond donors (Lipinski definition) is 0. The summed E-state index contributed by atoms with van der Waals surface area (Å²) in [5.74, 6) is -0.0709. The summed E-state index contributed by atoms with van der Waals surface area (Å²) in [7, 11) is 1.46. The largest absolute Gasteiger partial charge is 0.469 e. The summed E-state index contributed by atoms with van der Waals surface area (Å²) in [4.78, 5) is 10.9. The zero-order chi connectivity index (χ0) is 16.0. The van der Waals surface area contributed by atoms with Gasteiger partial charge in [0.15, 0.2) is 0 Å². The second-order valence-electron chi connectivity index (χ2n) is 6.63. The molecule has 0 N–H and O–H groups in total. The molecule has 1 aliphatic rings. The molecular weight excluding hydrogens is 276 g/mol. The van der Waals surface area contributed by atoms with E-state index in [1.165, 1.54) is 77.7 Å². The van der Waals surface area contributed by atoms with Gasteiger partial charge in [0, 0.05) is 6.42 Å². The molecule has 1 aliphatic heterocycles. The number of unbranched alkanes of at least 4 members (excludes halogenated alkanes) is 10. The number of esters is 1. The van der Waals surface area contributed by atoms with Crippen LogP contribution in [0, 0.1) is 0 Å². The number of rotatable bonds is 15. The fraction of sp³-hybridized carbons (Fsp3) is 0.947. The van der Waals surface area contributed by atoms with E-state index in [-0.39, 0.29) is 5.97 Å². The van der Waals surface area contributed by atoms with Gasteiger partial charge in [-0.2, -0.15) is 0 Å². The summed E-state index contributed by atoms with van der Waals surface area (Å²) in [6.45, 7) is 2.21. The Morgan fingerprint density at radius 3 is 1.77 bits per heavy atom. The summed E-state index contributed by atoms with van der Waals surface area (Å²) < 4.78 is 10.2. The molecular formula is C19H36O3. The van der Waals surface area contributed by atoms with Crippen molar-refractivity contribution in [2.45, 2.75) is 109 Å². The van der Waals surface area contributed by atoms with Crippen molar-refractivity contribution in [2.75, 3.05) is 7.11 Å². The third-order valence-corrected chi connectivity index (χ3v) is 4.69. The van der Waals surface area contributed by atoms with E-state index in [1.54, 1.807) is 0 Å². The molecule has 1 heterocycles. The highest BCUT2D eigenvalue weighted by Gasteiger charge is 2.35. The molecule has 3 heteroatoms. The Kier molecular flexibility index (Phi) is 11.4. The van der Waals surface area contributed by atoms with Crippen LogP contribution in [0.4, 0.5) is 0 Å².